The van der Waals surface area contributed by atoms with Crippen molar-refractivity contribution in [1.29, 1.82) is 0 Å². The van der Waals surface area contributed by atoms with Crippen molar-refractivity contribution in [2.45, 2.75) is 30.7 Å². The second-order valence-electron chi connectivity index (χ2n) is 5.91. The summed E-state index contributed by atoms with van der Waals surface area (Å²) in [4.78, 5) is 14.6. The standard InChI is InChI=1S/C15H21N3O3S.ClH/c1-11-2-5-13(22(20,21)17-12-3-4-12)10-14(11)15(19)18-8-6-16-7-9-18;/h2,5,10,12,16-17H,3-4,6-9H2,1H3;1H. The van der Waals surface area contributed by atoms with E-state index in [1.807, 2.05) is 6.92 Å². The minimum absolute atomic E-state index is 0. The fourth-order valence-electron chi connectivity index (χ4n) is 2.53. The SMILES string of the molecule is Cc1ccc(S(=O)(=O)NC2CC2)cc1C(=O)N1CCNCC1.Cl. The Hall–Kier alpha value is -1.15. The summed E-state index contributed by atoms with van der Waals surface area (Å²) < 4.78 is 27.2. The highest BCUT2D eigenvalue weighted by Crippen LogP contribution is 2.23. The molecule has 2 N–H and O–H groups in total. The molecule has 6 nitrogen and oxygen atoms in total. The number of carbonyl (C=O) groups is 1. The van der Waals surface area contributed by atoms with Gasteiger partial charge in [-0.15, -0.1) is 12.4 Å². The minimum Gasteiger partial charge on any atom is -0.336 e. The number of nitrogens with zero attached hydrogens (tertiary/aromatic N) is 1. The van der Waals surface area contributed by atoms with Crippen molar-refractivity contribution in [3.8, 4) is 0 Å². The van der Waals surface area contributed by atoms with Crippen LogP contribution in [0.5, 0.6) is 0 Å². The molecule has 1 aliphatic heterocycles. The molecule has 1 saturated heterocycles. The van der Waals surface area contributed by atoms with E-state index in [2.05, 4.69) is 10.0 Å². The third-order valence-electron chi connectivity index (χ3n) is 4.05. The molecular weight excluding hydrogens is 338 g/mol. The number of hydrogen-bond acceptors (Lipinski definition) is 4. The van der Waals surface area contributed by atoms with E-state index in [1.165, 1.54) is 6.07 Å². The van der Waals surface area contributed by atoms with Crippen molar-refractivity contribution in [2.75, 3.05) is 26.2 Å². The first-order valence-electron chi connectivity index (χ1n) is 7.60. The van der Waals surface area contributed by atoms with Crippen LogP contribution < -0.4 is 10.0 Å². The molecule has 2 aliphatic rings. The van der Waals surface area contributed by atoms with E-state index >= 15 is 0 Å². The fraction of sp³-hybridized carbons (Fsp3) is 0.533. The Kier molecular flexibility index (Phi) is 5.67. The molecule has 128 valence electrons. The maximum absolute atomic E-state index is 12.6. The van der Waals surface area contributed by atoms with Gasteiger partial charge >= 0.3 is 0 Å². The van der Waals surface area contributed by atoms with E-state index in [1.54, 1.807) is 17.0 Å². The lowest BCUT2D eigenvalue weighted by Gasteiger charge is -2.28. The molecule has 0 spiro atoms. The van der Waals surface area contributed by atoms with Crippen molar-refractivity contribution in [1.82, 2.24) is 14.9 Å². The van der Waals surface area contributed by atoms with Crippen LogP contribution >= 0.6 is 12.4 Å². The first-order valence-corrected chi connectivity index (χ1v) is 9.09. The van der Waals surface area contributed by atoms with Crippen molar-refractivity contribution in [2.24, 2.45) is 0 Å². The van der Waals surface area contributed by atoms with Crippen LogP contribution in [0.25, 0.3) is 0 Å². The predicted octanol–water partition coefficient (Wildman–Crippen LogP) is 0.903. The van der Waals surface area contributed by atoms with Crippen LogP contribution in [0.2, 0.25) is 0 Å². The maximum Gasteiger partial charge on any atom is 0.254 e. The van der Waals surface area contributed by atoms with E-state index in [0.717, 1.165) is 31.5 Å². The molecule has 3 rings (SSSR count). The van der Waals surface area contributed by atoms with Gasteiger partial charge in [-0.3, -0.25) is 4.79 Å². The van der Waals surface area contributed by atoms with Gasteiger partial charge in [-0.2, -0.15) is 0 Å². The monoisotopic (exact) mass is 359 g/mol. The number of hydrogen-bond donors (Lipinski definition) is 2. The lowest BCUT2D eigenvalue weighted by molar-refractivity contribution is 0.0735. The number of rotatable bonds is 4. The normalized spacial score (nSPS) is 18.4. The van der Waals surface area contributed by atoms with Crippen molar-refractivity contribution in [3.63, 3.8) is 0 Å². The molecule has 23 heavy (non-hydrogen) atoms. The fourth-order valence-corrected chi connectivity index (χ4v) is 3.86. The van der Waals surface area contributed by atoms with Crippen LogP contribution in [-0.4, -0.2) is 51.4 Å². The van der Waals surface area contributed by atoms with Crippen LogP contribution in [0.3, 0.4) is 0 Å². The van der Waals surface area contributed by atoms with Crippen LogP contribution in [0, 0.1) is 6.92 Å². The molecule has 1 aliphatic carbocycles. The van der Waals surface area contributed by atoms with E-state index in [4.69, 9.17) is 0 Å². The molecule has 0 unspecified atom stereocenters. The maximum atomic E-state index is 12.6. The van der Waals surface area contributed by atoms with E-state index in [-0.39, 0.29) is 29.3 Å². The highest BCUT2D eigenvalue weighted by atomic mass is 35.5. The number of aryl methyl sites for hydroxylation is 1. The Morgan fingerprint density at radius 1 is 1.26 bits per heavy atom. The molecule has 0 atom stereocenters. The zero-order valence-corrected chi connectivity index (χ0v) is 14.7. The Labute approximate surface area is 143 Å². The second kappa shape index (κ2) is 7.17. The lowest BCUT2D eigenvalue weighted by atomic mass is 10.1. The average molecular weight is 360 g/mol. The van der Waals surface area contributed by atoms with Gasteiger partial charge in [0.2, 0.25) is 10.0 Å². The van der Waals surface area contributed by atoms with Crippen molar-refractivity contribution in [3.05, 3.63) is 29.3 Å². The number of piperazine rings is 1. The Morgan fingerprint density at radius 3 is 2.52 bits per heavy atom. The molecule has 8 heteroatoms. The van der Waals surface area contributed by atoms with Crippen molar-refractivity contribution < 1.29 is 13.2 Å². The second-order valence-corrected chi connectivity index (χ2v) is 7.63. The number of benzene rings is 1. The average Bonchev–Trinajstić information content (AvgIpc) is 3.31. The van der Waals surface area contributed by atoms with Crippen LogP contribution in [0.1, 0.15) is 28.8 Å². The summed E-state index contributed by atoms with van der Waals surface area (Å²) in [5.74, 6) is -0.0949. The quantitative estimate of drug-likeness (QED) is 0.837. The molecule has 0 radical (unpaired) electrons. The summed E-state index contributed by atoms with van der Waals surface area (Å²) in [5, 5.41) is 3.20. The topological polar surface area (TPSA) is 78.5 Å². The Bertz CT molecular complexity index is 683. The van der Waals surface area contributed by atoms with Crippen LogP contribution in [0.15, 0.2) is 23.1 Å². The van der Waals surface area contributed by atoms with Crippen LogP contribution in [0.4, 0.5) is 0 Å². The largest absolute Gasteiger partial charge is 0.336 e. The van der Waals surface area contributed by atoms with Gasteiger partial charge in [-0.05, 0) is 37.5 Å². The molecule has 1 heterocycles. The number of carbonyl (C=O) groups excluding carboxylic acids is 1. The van der Waals surface area contributed by atoms with Gasteiger partial charge in [0, 0.05) is 37.8 Å². The first-order chi connectivity index (χ1) is 10.5. The first kappa shape index (κ1) is 18.2. The molecule has 1 aromatic carbocycles. The summed E-state index contributed by atoms with van der Waals surface area (Å²) in [6, 6.07) is 4.83. The highest BCUT2D eigenvalue weighted by molar-refractivity contribution is 7.89. The third kappa shape index (κ3) is 4.23. The number of amides is 1. The molecule has 1 saturated carbocycles. The predicted molar refractivity (Wildman–Crippen MR) is 90.5 cm³/mol. The van der Waals surface area contributed by atoms with Gasteiger partial charge < -0.3 is 10.2 Å². The minimum atomic E-state index is -3.53. The van der Waals surface area contributed by atoms with E-state index < -0.39 is 10.0 Å². The smallest absolute Gasteiger partial charge is 0.254 e. The molecule has 2 fully saturated rings. The summed E-state index contributed by atoms with van der Waals surface area (Å²) in [6.45, 7) is 4.67. The summed E-state index contributed by atoms with van der Waals surface area (Å²) in [6.07, 6.45) is 1.77. The lowest BCUT2D eigenvalue weighted by Crippen LogP contribution is -2.46. The van der Waals surface area contributed by atoms with Gasteiger partial charge in [0.25, 0.3) is 5.91 Å². The Balaban J connectivity index is 0.00000192. The van der Waals surface area contributed by atoms with Crippen molar-refractivity contribution >= 4 is 28.3 Å². The molecular formula is C15H22ClN3O3S. The summed E-state index contributed by atoms with van der Waals surface area (Å²) in [5.41, 5.74) is 1.27. The summed E-state index contributed by atoms with van der Waals surface area (Å²) in [7, 11) is -3.53. The number of sulfonamides is 1. The summed E-state index contributed by atoms with van der Waals surface area (Å²) >= 11 is 0. The molecule has 0 aromatic heterocycles. The molecule has 0 bridgehead atoms. The van der Waals surface area contributed by atoms with E-state index in [0.29, 0.717) is 18.7 Å². The van der Waals surface area contributed by atoms with Gasteiger partial charge in [-0.25, -0.2) is 13.1 Å². The van der Waals surface area contributed by atoms with E-state index in [9.17, 15) is 13.2 Å². The third-order valence-corrected chi connectivity index (χ3v) is 5.57. The number of halogens is 1. The highest BCUT2D eigenvalue weighted by Gasteiger charge is 2.29. The Morgan fingerprint density at radius 2 is 1.91 bits per heavy atom. The number of nitrogens with one attached hydrogen (secondary N) is 2. The molecule has 1 amide bonds. The van der Waals surface area contributed by atoms with Gasteiger partial charge in [0.1, 0.15) is 0 Å². The molecule has 1 aromatic rings. The zero-order valence-electron chi connectivity index (χ0n) is 13.0. The van der Waals surface area contributed by atoms with Crippen LogP contribution in [-0.2, 0) is 10.0 Å². The zero-order chi connectivity index (χ0) is 15.7. The van der Waals surface area contributed by atoms with Gasteiger partial charge in [0.05, 0.1) is 4.90 Å². The van der Waals surface area contributed by atoms with Gasteiger partial charge in [0.15, 0.2) is 0 Å². The van der Waals surface area contributed by atoms with Gasteiger partial charge in [-0.1, -0.05) is 6.07 Å².